The summed E-state index contributed by atoms with van der Waals surface area (Å²) in [5.41, 5.74) is -0.720. The third-order valence-corrected chi connectivity index (χ3v) is 4.68. The van der Waals surface area contributed by atoms with Crippen LogP contribution >= 0.6 is 0 Å². The van der Waals surface area contributed by atoms with Gasteiger partial charge in [0.2, 0.25) is 12.4 Å². The number of alkyl halides is 3. The van der Waals surface area contributed by atoms with Gasteiger partial charge in [-0.1, -0.05) is 36.4 Å². The van der Waals surface area contributed by atoms with Crippen molar-refractivity contribution < 1.29 is 18.0 Å². The van der Waals surface area contributed by atoms with Crippen molar-refractivity contribution in [3.05, 3.63) is 100.0 Å². The van der Waals surface area contributed by atoms with Crippen molar-refractivity contribution in [1.29, 1.82) is 0 Å². The zero-order chi connectivity index (χ0) is 22.7. The molecule has 1 amide bonds. The molecule has 32 heavy (non-hydrogen) atoms. The number of pyridine rings is 1. The van der Waals surface area contributed by atoms with Gasteiger partial charge in [-0.2, -0.15) is 18.3 Å². The van der Waals surface area contributed by atoms with Crippen LogP contribution in [0.3, 0.4) is 0 Å². The second-order valence-corrected chi connectivity index (χ2v) is 6.68. The molecule has 0 saturated carbocycles. The molecule has 1 atom stereocenters. The minimum absolute atomic E-state index is 0.0762. The van der Waals surface area contributed by atoms with E-state index in [0.29, 0.717) is 17.5 Å². The minimum atomic E-state index is -4.60. The fraction of sp³-hybridized carbons (Fsp3) is 0.0952. The molecule has 0 unspecified atom stereocenters. The van der Waals surface area contributed by atoms with Gasteiger partial charge in [0, 0.05) is 18.6 Å². The first-order chi connectivity index (χ1) is 15.4. The lowest BCUT2D eigenvalue weighted by molar-refractivity contribution is -0.141. The van der Waals surface area contributed by atoms with Crippen LogP contribution < -0.4 is 10.9 Å². The number of H-pyrrole nitrogens is 1. The number of rotatable bonds is 6. The van der Waals surface area contributed by atoms with Crippen molar-refractivity contribution in [3.8, 4) is 5.95 Å². The Labute approximate surface area is 178 Å². The molecule has 0 aliphatic heterocycles. The SMILES string of the molecule is O=CNc1c([C@H](c2ccccc2)c2ccc(C(F)(F)F)nc2)nc(-n2cccn2)[nH]c1=O. The van der Waals surface area contributed by atoms with Crippen molar-refractivity contribution in [2.75, 3.05) is 5.32 Å². The average Bonchev–Trinajstić information content (AvgIpc) is 3.31. The van der Waals surface area contributed by atoms with Gasteiger partial charge in [-0.05, 0) is 23.3 Å². The molecule has 4 rings (SSSR count). The summed E-state index contributed by atoms with van der Waals surface area (Å²) in [7, 11) is 0. The molecule has 162 valence electrons. The van der Waals surface area contributed by atoms with Crippen molar-refractivity contribution in [3.63, 3.8) is 0 Å². The van der Waals surface area contributed by atoms with Crippen LogP contribution in [-0.2, 0) is 11.0 Å². The number of nitrogens with zero attached hydrogens (tertiary/aromatic N) is 4. The standard InChI is InChI=1S/C21H15F3N6O2/c22-21(23,24)15-8-7-14(11-25-15)16(13-5-2-1-3-6-13)17-18(26-12-31)19(32)29-20(28-17)30-10-4-9-27-30/h1-12,16H,(H,26,31)(H,28,29,32)/t16-/m1/s1. The van der Waals surface area contributed by atoms with Crippen LogP contribution in [-0.4, -0.2) is 31.1 Å². The molecule has 0 aliphatic rings. The number of carbonyl (C=O) groups is 1. The van der Waals surface area contributed by atoms with Crippen molar-refractivity contribution >= 4 is 12.1 Å². The van der Waals surface area contributed by atoms with Crippen LogP contribution in [0.25, 0.3) is 5.95 Å². The van der Waals surface area contributed by atoms with Gasteiger partial charge in [-0.25, -0.2) is 9.67 Å². The van der Waals surface area contributed by atoms with Crippen LogP contribution in [0.1, 0.15) is 28.4 Å². The maximum Gasteiger partial charge on any atom is 0.433 e. The van der Waals surface area contributed by atoms with Crippen LogP contribution in [0.15, 0.2) is 71.9 Å². The number of aromatic amines is 1. The van der Waals surface area contributed by atoms with Gasteiger partial charge in [0.25, 0.3) is 5.56 Å². The maximum absolute atomic E-state index is 13.0. The van der Waals surface area contributed by atoms with Gasteiger partial charge in [0.15, 0.2) is 0 Å². The Morgan fingerprint density at radius 1 is 1.06 bits per heavy atom. The number of amides is 1. The molecular formula is C21H15F3N6O2. The highest BCUT2D eigenvalue weighted by atomic mass is 19.4. The first-order valence-electron chi connectivity index (χ1n) is 9.31. The third kappa shape index (κ3) is 4.13. The Balaban J connectivity index is 1.95. The summed E-state index contributed by atoms with van der Waals surface area (Å²) < 4.78 is 40.4. The molecule has 0 radical (unpaired) electrons. The Kier molecular flexibility index (Phi) is 5.54. The number of carbonyl (C=O) groups excluding carboxylic acids is 1. The summed E-state index contributed by atoms with van der Waals surface area (Å²) in [5.74, 6) is -0.725. The van der Waals surface area contributed by atoms with E-state index in [2.05, 4.69) is 25.4 Å². The molecule has 4 aromatic rings. The summed E-state index contributed by atoms with van der Waals surface area (Å²) in [6.07, 6.45) is -0.129. The van der Waals surface area contributed by atoms with Crippen LogP contribution in [0, 0.1) is 0 Å². The minimum Gasteiger partial charge on any atom is -0.323 e. The van der Waals surface area contributed by atoms with Gasteiger partial charge >= 0.3 is 6.18 Å². The van der Waals surface area contributed by atoms with Crippen molar-refractivity contribution in [2.24, 2.45) is 0 Å². The number of aromatic nitrogens is 5. The second-order valence-electron chi connectivity index (χ2n) is 6.68. The topological polar surface area (TPSA) is 106 Å². The lowest BCUT2D eigenvalue weighted by Gasteiger charge is -2.20. The van der Waals surface area contributed by atoms with E-state index in [1.807, 2.05) is 0 Å². The van der Waals surface area contributed by atoms with E-state index in [-0.39, 0.29) is 17.3 Å². The van der Waals surface area contributed by atoms with E-state index in [1.165, 1.54) is 16.9 Å². The fourth-order valence-corrected chi connectivity index (χ4v) is 3.29. The van der Waals surface area contributed by atoms with Crippen molar-refractivity contribution in [1.82, 2.24) is 24.7 Å². The summed E-state index contributed by atoms with van der Waals surface area (Å²) in [6, 6.07) is 12.5. The molecule has 1 aromatic carbocycles. The summed E-state index contributed by atoms with van der Waals surface area (Å²) in [5, 5.41) is 6.40. The van der Waals surface area contributed by atoms with Gasteiger partial charge < -0.3 is 5.32 Å². The van der Waals surface area contributed by atoms with Gasteiger partial charge in [0.05, 0.1) is 11.6 Å². The quantitative estimate of drug-likeness (QED) is 0.448. The Hall–Kier alpha value is -4.28. The number of benzene rings is 1. The Morgan fingerprint density at radius 3 is 2.44 bits per heavy atom. The number of hydrogen-bond donors (Lipinski definition) is 2. The zero-order valence-electron chi connectivity index (χ0n) is 16.2. The highest BCUT2D eigenvalue weighted by Crippen LogP contribution is 2.35. The van der Waals surface area contributed by atoms with E-state index in [0.717, 1.165) is 12.3 Å². The Bertz CT molecular complexity index is 1270. The van der Waals surface area contributed by atoms with E-state index >= 15 is 0 Å². The number of nitrogens with one attached hydrogen (secondary N) is 2. The molecule has 3 aromatic heterocycles. The molecule has 3 heterocycles. The lowest BCUT2D eigenvalue weighted by Crippen LogP contribution is -2.23. The first-order valence-corrected chi connectivity index (χ1v) is 9.31. The first kappa shape index (κ1) is 21.0. The maximum atomic E-state index is 13.0. The largest absolute Gasteiger partial charge is 0.433 e. The van der Waals surface area contributed by atoms with Crippen LogP contribution in [0.2, 0.25) is 0 Å². The fourth-order valence-electron chi connectivity index (χ4n) is 3.29. The summed E-state index contributed by atoms with van der Waals surface area (Å²) in [4.78, 5) is 34.5. The van der Waals surface area contributed by atoms with E-state index in [9.17, 15) is 22.8 Å². The predicted octanol–water partition coefficient (Wildman–Crippen LogP) is 3.12. The normalized spacial score (nSPS) is 12.3. The highest BCUT2D eigenvalue weighted by molar-refractivity contribution is 5.73. The molecule has 0 fully saturated rings. The monoisotopic (exact) mass is 440 g/mol. The molecule has 0 saturated heterocycles. The predicted molar refractivity (Wildman–Crippen MR) is 108 cm³/mol. The smallest absolute Gasteiger partial charge is 0.323 e. The molecular weight excluding hydrogens is 425 g/mol. The van der Waals surface area contributed by atoms with Gasteiger partial charge in [-0.15, -0.1) is 0 Å². The summed E-state index contributed by atoms with van der Waals surface area (Å²) >= 11 is 0. The molecule has 0 bridgehead atoms. The zero-order valence-corrected chi connectivity index (χ0v) is 16.2. The van der Waals surface area contributed by atoms with Crippen molar-refractivity contribution in [2.45, 2.75) is 12.1 Å². The van der Waals surface area contributed by atoms with E-state index < -0.39 is 23.3 Å². The third-order valence-electron chi connectivity index (χ3n) is 4.68. The lowest BCUT2D eigenvalue weighted by atomic mass is 9.88. The van der Waals surface area contributed by atoms with Gasteiger partial charge in [-0.3, -0.25) is 19.6 Å². The summed E-state index contributed by atoms with van der Waals surface area (Å²) in [6.45, 7) is 0. The molecule has 2 N–H and O–H groups in total. The number of hydrogen-bond acceptors (Lipinski definition) is 5. The van der Waals surface area contributed by atoms with Gasteiger partial charge in [0.1, 0.15) is 11.4 Å². The molecule has 11 heteroatoms. The number of halogens is 3. The Morgan fingerprint density at radius 2 is 1.84 bits per heavy atom. The average molecular weight is 440 g/mol. The highest BCUT2D eigenvalue weighted by Gasteiger charge is 2.33. The van der Waals surface area contributed by atoms with E-state index in [1.54, 1.807) is 42.6 Å². The van der Waals surface area contributed by atoms with Crippen LogP contribution in [0.4, 0.5) is 18.9 Å². The molecule has 0 spiro atoms. The van der Waals surface area contributed by atoms with Crippen LogP contribution in [0.5, 0.6) is 0 Å². The molecule has 8 nitrogen and oxygen atoms in total. The second kappa shape index (κ2) is 8.46. The van der Waals surface area contributed by atoms with E-state index in [4.69, 9.17) is 0 Å². The number of anilines is 1. The molecule has 0 aliphatic carbocycles.